The van der Waals surface area contributed by atoms with E-state index in [-0.39, 0.29) is 10.8 Å². The van der Waals surface area contributed by atoms with Crippen LogP contribution in [0.4, 0.5) is 10.2 Å². The Hall–Kier alpha value is -2.99. The predicted molar refractivity (Wildman–Crippen MR) is 97.7 cm³/mol. The number of likely N-dealkylation sites (N-methyl/N-ethyl adjacent to an activating group) is 1. The molecule has 0 saturated carbocycles. The van der Waals surface area contributed by atoms with Crippen molar-refractivity contribution in [1.82, 2.24) is 10.3 Å². The first-order valence-corrected chi connectivity index (χ1v) is 8.02. The standard InChI is InChI=1S/C19H16FN3O2/c1-21-8-9-22-19-18-16(12-4-2-3-5-14(12)23-19)17(24)13-10-11(20)6-7-15(13)25-18/h2-7,10,21H,8-9H2,1H3,(H,22,23). The molecule has 0 aliphatic heterocycles. The van der Waals surface area contributed by atoms with Crippen molar-refractivity contribution in [3.05, 3.63) is 58.5 Å². The largest absolute Gasteiger partial charge is 0.452 e. The average Bonchev–Trinajstić information content (AvgIpc) is 2.62. The summed E-state index contributed by atoms with van der Waals surface area (Å²) in [7, 11) is 1.86. The van der Waals surface area contributed by atoms with E-state index < -0.39 is 5.82 Å². The van der Waals surface area contributed by atoms with Gasteiger partial charge in [-0.05, 0) is 31.3 Å². The summed E-state index contributed by atoms with van der Waals surface area (Å²) in [4.78, 5) is 17.6. The highest BCUT2D eigenvalue weighted by Crippen LogP contribution is 2.30. The Morgan fingerprint density at radius 3 is 2.80 bits per heavy atom. The molecule has 126 valence electrons. The maximum absolute atomic E-state index is 13.6. The van der Waals surface area contributed by atoms with Gasteiger partial charge in [0, 0.05) is 18.5 Å². The lowest BCUT2D eigenvalue weighted by atomic mass is 10.1. The molecule has 0 unspecified atom stereocenters. The highest BCUT2D eigenvalue weighted by molar-refractivity contribution is 6.10. The maximum Gasteiger partial charge on any atom is 0.201 e. The lowest BCUT2D eigenvalue weighted by Crippen LogP contribution is -2.18. The van der Waals surface area contributed by atoms with Gasteiger partial charge in [-0.1, -0.05) is 18.2 Å². The zero-order valence-electron chi connectivity index (χ0n) is 13.6. The second kappa shape index (κ2) is 6.14. The maximum atomic E-state index is 13.6. The molecule has 0 atom stereocenters. The normalized spacial score (nSPS) is 11.4. The van der Waals surface area contributed by atoms with Gasteiger partial charge in [0.15, 0.2) is 11.4 Å². The fourth-order valence-corrected chi connectivity index (χ4v) is 2.96. The van der Waals surface area contributed by atoms with Crippen LogP contribution in [0.15, 0.2) is 51.7 Å². The van der Waals surface area contributed by atoms with Crippen LogP contribution in [0.3, 0.4) is 0 Å². The van der Waals surface area contributed by atoms with E-state index in [4.69, 9.17) is 4.42 Å². The van der Waals surface area contributed by atoms with E-state index in [1.54, 1.807) is 0 Å². The Bertz CT molecular complexity index is 1150. The third kappa shape index (κ3) is 2.60. The number of pyridine rings is 1. The van der Waals surface area contributed by atoms with Crippen molar-refractivity contribution in [1.29, 1.82) is 0 Å². The van der Waals surface area contributed by atoms with Crippen LogP contribution in [0, 0.1) is 5.82 Å². The first-order valence-electron chi connectivity index (χ1n) is 8.02. The summed E-state index contributed by atoms with van der Waals surface area (Å²) in [5, 5.41) is 7.58. The summed E-state index contributed by atoms with van der Waals surface area (Å²) in [6.45, 7) is 1.36. The van der Waals surface area contributed by atoms with Crippen LogP contribution >= 0.6 is 0 Å². The molecule has 5 nitrogen and oxygen atoms in total. The lowest BCUT2D eigenvalue weighted by Gasteiger charge is -2.11. The average molecular weight is 337 g/mol. The molecule has 2 aromatic heterocycles. The van der Waals surface area contributed by atoms with Crippen LogP contribution in [0.25, 0.3) is 32.8 Å². The minimum atomic E-state index is -0.468. The molecule has 4 rings (SSSR count). The van der Waals surface area contributed by atoms with Crippen LogP contribution < -0.4 is 16.1 Å². The van der Waals surface area contributed by atoms with Gasteiger partial charge in [-0.3, -0.25) is 4.79 Å². The highest BCUT2D eigenvalue weighted by atomic mass is 19.1. The molecular formula is C19H16FN3O2. The first kappa shape index (κ1) is 15.5. The third-order valence-corrected chi connectivity index (χ3v) is 4.14. The molecule has 0 aliphatic rings. The smallest absolute Gasteiger partial charge is 0.201 e. The van der Waals surface area contributed by atoms with Gasteiger partial charge in [0.05, 0.1) is 16.3 Å². The second-order valence-electron chi connectivity index (χ2n) is 5.78. The minimum absolute atomic E-state index is 0.227. The third-order valence-electron chi connectivity index (χ3n) is 4.14. The molecule has 2 N–H and O–H groups in total. The van der Waals surface area contributed by atoms with Gasteiger partial charge in [0.2, 0.25) is 5.43 Å². The number of benzene rings is 2. The molecule has 2 aromatic carbocycles. The van der Waals surface area contributed by atoms with Crippen molar-refractivity contribution < 1.29 is 8.81 Å². The number of halogens is 1. The van der Waals surface area contributed by atoms with Crippen molar-refractivity contribution in [3.63, 3.8) is 0 Å². The number of fused-ring (bicyclic) bond motifs is 4. The van der Waals surface area contributed by atoms with Crippen LogP contribution in [0.2, 0.25) is 0 Å². The van der Waals surface area contributed by atoms with Gasteiger partial charge in [-0.15, -0.1) is 0 Å². The molecule has 25 heavy (non-hydrogen) atoms. The number of hydrogen-bond donors (Lipinski definition) is 2. The van der Waals surface area contributed by atoms with Crippen LogP contribution in [-0.2, 0) is 0 Å². The summed E-state index contributed by atoms with van der Waals surface area (Å²) in [5.74, 6) is 0.0390. The number of nitrogens with zero attached hydrogens (tertiary/aromatic N) is 1. The molecule has 2 heterocycles. The molecule has 0 amide bonds. The monoisotopic (exact) mass is 337 g/mol. The van der Waals surface area contributed by atoms with E-state index in [0.717, 1.165) is 6.54 Å². The highest BCUT2D eigenvalue weighted by Gasteiger charge is 2.16. The summed E-state index contributed by atoms with van der Waals surface area (Å²) < 4.78 is 19.5. The number of para-hydroxylation sites is 1. The zero-order chi connectivity index (χ0) is 17.4. The van der Waals surface area contributed by atoms with Crippen molar-refractivity contribution in [2.45, 2.75) is 0 Å². The Morgan fingerprint density at radius 1 is 1.12 bits per heavy atom. The van der Waals surface area contributed by atoms with Crippen molar-refractivity contribution in [2.75, 3.05) is 25.5 Å². The SMILES string of the molecule is CNCCNc1nc2ccccc2c2c(=O)c3cc(F)ccc3oc12. The van der Waals surface area contributed by atoms with E-state index in [0.29, 0.717) is 39.8 Å². The molecule has 0 fully saturated rings. The van der Waals surface area contributed by atoms with Crippen molar-refractivity contribution in [3.8, 4) is 0 Å². The Balaban J connectivity index is 2.12. The fraction of sp³-hybridized carbons (Fsp3) is 0.158. The lowest BCUT2D eigenvalue weighted by molar-refractivity contribution is 0.623. The quantitative estimate of drug-likeness (QED) is 0.340. The van der Waals surface area contributed by atoms with Crippen LogP contribution in [-0.4, -0.2) is 25.1 Å². The van der Waals surface area contributed by atoms with Gasteiger partial charge in [0.1, 0.15) is 11.4 Å². The number of anilines is 1. The summed E-state index contributed by atoms with van der Waals surface area (Å²) >= 11 is 0. The Labute approximate surface area is 142 Å². The molecule has 0 saturated heterocycles. The van der Waals surface area contributed by atoms with E-state index in [1.807, 2.05) is 31.3 Å². The van der Waals surface area contributed by atoms with Gasteiger partial charge >= 0.3 is 0 Å². The minimum Gasteiger partial charge on any atom is -0.452 e. The summed E-state index contributed by atoms with van der Waals surface area (Å²) in [6, 6.07) is 11.3. The molecule has 0 bridgehead atoms. The Morgan fingerprint density at radius 2 is 1.96 bits per heavy atom. The topological polar surface area (TPSA) is 67.2 Å². The van der Waals surface area contributed by atoms with Gasteiger partial charge in [0.25, 0.3) is 0 Å². The number of aromatic nitrogens is 1. The number of nitrogens with one attached hydrogen (secondary N) is 2. The molecule has 6 heteroatoms. The molecular weight excluding hydrogens is 321 g/mol. The van der Waals surface area contributed by atoms with Crippen molar-refractivity contribution in [2.24, 2.45) is 0 Å². The van der Waals surface area contributed by atoms with E-state index >= 15 is 0 Å². The predicted octanol–water partition coefficient (Wildman–Crippen LogP) is 3.26. The van der Waals surface area contributed by atoms with E-state index in [2.05, 4.69) is 15.6 Å². The summed E-state index contributed by atoms with van der Waals surface area (Å²) in [5.41, 5.74) is 1.16. The van der Waals surface area contributed by atoms with E-state index in [1.165, 1.54) is 18.2 Å². The first-order chi connectivity index (χ1) is 12.2. The number of rotatable bonds is 4. The van der Waals surface area contributed by atoms with Gasteiger partial charge in [-0.25, -0.2) is 9.37 Å². The van der Waals surface area contributed by atoms with Crippen molar-refractivity contribution >= 4 is 38.7 Å². The Kier molecular flexibility index (Phi) is 3.82. The molecule has 4 aromatic rings. The van der Waals surface area contributed by atoms with Gasteiger partial charge < -0.3 is 15.1 Å². The van der Waals surface area contributed by atoms with Crippen LogP contribution in [0.1, 0.15) is 0 Å². The van der Waals surface area contributed by atoms with Crippen LogP contribution in [0.5, 0.6) is 0 Å². The van der Waals surface area contributed by atoms with Gasteiger partial charge in [-0.2, -0.15) is 0 Å². The second-order valence-corrected chi connectivity index (χ2v) is 5.78. The fourth-order valence-electron chi connectivity index (χ4n) is 2.96. The molecule has 0 spiro atoms. The summed E-state index contributed by atoms with van der Waals surface area (Å²) in [6.07, 6.45) is 0. The molecule has 0 radical (unpaired) electrons. The molecule has 0 aliphatic carbocycles. The number of hydrogen-bond acceptors (Lipinski definition) is 5. The zero-order valence-corrected chi connectivity index (χ0v) is 13.6. The van der Waals surface area contributed by atoms with E-state index in [9.17, 15) is 9.18 Å².